The van der Waals surface area contributed by atoms with Gasteiger partial charge in [-0.15, -0.1) is 0 Å². The largest absolute Gasteiger partial charge is 0.374 e. The molecule has 1 fully saturated rings. The number of benzene rings is 4. The Morgan fingerprint density at radius 2 is 1.03 bits per heavy atom. The molecule has 0 amide bonds. The molecule has 1 saturated heterocycles. The van der Waals surface area contributed by atoms with Crippen molar-refractivity contribution in [2.75, 3.05) is 6.61 Å². The van der Waals surface area contributed by atoms with E-state index in [1.165, 1.54) is 0 Å². The topological polar surface area (TPSA) is 36.9 Å². The highest BCUT2D eigenvalue weighted by Gasteiger charge is 2.46. The molecular formula is C34H32O4. The number of rotatable bonds is 10. The Balaban J connectivity index is 1.35. The summed E-state index contributed by atoms with van der Waals surface area (Å²) in [5.41, 5.74) is 4.23. The van der Waals surface area contributed by atoms with Crippen molar-refractivity contribution in [3.8, 4) is 11.8 Å². The first-order chi connectivity index (χ1) is 18.8. The van der Waals surface area contributed by atoms with Crippen LogP contribution in [0.3, 0.4) is 0 Å². The molecule has 5 rings (SSSR count). The molecule has 0 bridgehead atoms. The molecule has 0 aliphatic carbocycles. The second-order valence-corrected chi connectivity index (χ2v) is 9.25. The van der Waals surface area contributed by atoms with Gasteiger partial charge in [0.1, 0.15) is 24.4 Å². The Morgan fingerprint density at radius 1 is 0.553 bits per heavy atom. The third-order valence-electron chi connectivity index (χ3n) is 6.41. The van der Waals surface area contributed by atoms with Gasteiger partial charge in [-0.3, -0.25) is 0 Å². The predicted molar refractivity (Wildman–Crippen MR) is 148 cm³/mol. The fourth-order valence-electron chi connectivity index (χ4n) is 4.44. The van der Waals surface area contributed by atoms with Crippen LogP contribution in [0.2, 0.25) is 0 Å². The lowest BCUT2D eigenvalue weighted by Crippen LogP contribution is -2.38. The van der Waals surface area contributed by atoms with Crippen molar-refractivity contribution in [3.05, 3.63) is 144 Å². The smallest absolute Gasteiger partial charge is 0.147 e. The summed E-state index contributed by atoms with van der Waals surface area (Å²) in [6, 6.07) is 40.4. The third-order valence-corrected chi connectivity index (χ3v) is 6.41. The first-order valence-corrected chi connectivity index (χ1v) is 13.0. The minimum Gasteiger partial charge on any atom is -0.374 e. The van der Waals surface area contributed by atoms with E-state index >= 15 is 0 Å². The molecule has 4 aromatic rings. The van der Waals surface area contributed by atoms with E-state index in [1.807, 2.05) is 84.9 Å². The maximum atomic E-state index is 6.49. The number of hydrogen-bond donors (Lipinski definition) is 0. The zero-order valence-corrected chi connectivity index (χ0v) is 21.3. The molecule has 1 aliphatic heterocycles. The summed E-state index contributed by atoms with van der Waals surface area (Å²) >= 11 is 0. The average Bonchev–Trinajstić information content (AvgIpc) is 3.32. The summed E-state index contributed by atoms with van der Waals surface area (Å²) in [7, 11) is 0. The van der Waals surface area contributed by atoms with Gasteiger partial charge in [-0.05, 0) is 28.8 Å². The molecule has 4 aromatic carbocycles. The number of ether oxygens (including phenoxy) is 4. The molecule has 1 aliphatic rings. The van der Waals surface area contributed by atoms with Crippen molar-refractivity contribution < 1.29 is 18.9 Å². The van der Waals surface area contributed by atoms with Crippen molar-refractivity contribution in [2.45, 2.75) is 44.2 Å². The van der Waals surface area contributed by atoms with Crippen LogP contribution in [0.1, 0.15) is 22.3 Å². The molecule has 0 saturated carbocycles. The van der Waals surface area contributed by atoms with Crippen LogP contribution >= 0.6 is 0 Å². The highest BCUT2D eigenvalue weighted by Crippen LogP contribution is 2.29. The van der Waals surface area contributed by atoms with Crippen LogP contribution in [0.15, 0.2) is 121 Å². The normalized spacial score (nSPS) is 20.5. The molecule has 4 nitrogen and oxygen atoms in total. The lowest BCUT2D eigenvalue weighted by atomic mass is 10.1. The monoisotopic (exact) mass is 504 g/mol. The number of hydrogen-bond acceptors (Lipinski definition) is 4. The molecule has 4 atom stereocenters. The summed E-state index contributed by atoms with van der Waals surface area (Å²) < 4.78 is 25.5. The van der Waals surface area contributed by atoms with Gasteiger partial charge in [0.15, 0.2) is 0 Å². The van der Waals surface area contributed by atoms with Gasteiger partial charge < -0.3 is 18.9 Å². The Hall–Kier alpha value is -3.72. The van der Waals surface area contributed by atoms with Crippen LogP contribution in [0.25, 0.3) is 0 Å². The van der Waals surface area contributed by atoms with Crippen LogP contribution in [0.4, 0.5) is 0 Å². The molecular weight excluding hydrogens is 472 g/mol. The summed E-state index contributed by atoms with van der Waals surface area (Å²) in [6.45, 7) is 1.78. The second kappa shape index (κ2) is 13.7. The summed E-state index contributed by atoms with van der Waals surface area (Å²) in [4.78, 5) is 0. The Morgan fingerprint density at radius 3 is 1.58 bits per heavy atom. The maximum Gasteiger partial charge on any atom is 0.147 e. The molecule has 38 heavy (non-hydrogen) atoms. The third kappa shape index (κ3) is 7.41. The van der Waals surface area contributed by atoms with Crippen LogP contribution < -0.4 is 0 Å². The molecule has 192 valence electrons. The Labute approximate surface area is 225 Å². The van der Waals surface area contributed by atoms with Crippen LogP contribution in [0, 0.1) is 11.8 Å². The van der Waals surface area contributed by atoms with Gasteiger partial charge in [0.05, 0.1) is 26.4 Å². The lowest BCUT2D eigenvalue weighted by molar-refractivity contribution is -0.0896. The van der Waals surface area contributed by atoms with E-state index in [9.17, 15) is 0 Å². The molecule has 1 heterocycles. The molecule has 0 unspecified atom stereocenters. The minimum absolute atomic E-state index is 0.321. The van der Waals surface area contributed by atoms with Crippen molar-refractivity contribution in [1.29, 1.82) is 0 Å². The minimum atomic E-state index is -0.454. The van der Waals surface area contributed by atoms with Gasteiger partial charge in [0.25, 0.3) is 0 Å². The van der Waals surface area contributed by atoms with E-state index in [1.54, 1.807) is 0 Å². The summed E-state index contributed by atoms with van der Waals surface area (Å²) in [5, 5.41) is 0. The van der Waals surface area contributed by atoms with Gasteiger partial charge >= 0.3 is 0 Å². The van der Waals surface area contributed by atoms with Crippen molar-refractivity contribution in [2.24, 2.45) is 0 Å². The van der Waals surface area contributed by atoms with Gasteiger partial charge in [-0.2, -0.15) is 0 Å². The summed E-state index contributed by atoms with van der Waals surface area (Å²) in [5.74, 6) is 6.58. The van der Waals surface area contributed by atoms with E-state index in [-0.39, 0.29) is 18.3 Å². The Kier molecular flexibility index (Phi) is 9.35. The quantitative estimate of drug-likeness (QED) is 0.241. The van der Waals surface area contributed by atoms with E-state index in [0.29, 0.717) is 26.4 Å². The molecule has 0 spiro atoms. The van der Waals surface area contributed by atoms with Crippen LogP contribution in [-0.2, 0) is 38.8 Å². The van der Waals surface area contributed by atoms with Gasteiger partial charge in [0.2, 0.25) is 0 Å². The highest BCUT2D eigenvalue weighted by molar-refractivity contribution is 5.35. The predicted octanol–water partition coefficient (Wildman–Crippen LogP) is 6.19. The van der Waals surface area contributed by atoms with Crippen molar-refractivity contribution in [3.63, 3.8) is 0 Å². The zero-order chi connectivity index (χ0) is 25.8. The molecule has 0 aromatic heterocycles. The van der Waals surface area contributed by atoms with Crippen molar-refractivity contribution in [1.82, 2.24) is 0 Å². The van der Waals surface area contributed by atoms with Crippen LogP contribution in [0.5, 0.6) is 0 Å². The average molecular weight is 505 g/mol. The molecule has 0 N–H and O–H groups in total. The fraction of sp³-hybridized carbons (Fsp3) is 0.235. The highest BCUT2D eigenvalue weighted by atomic mass is 16.6. The van der Waals surface area contributed by atoms with Crippen molar-refractivity contribution >= 4 is 0 Å². The van der Waals surface area contributed by atoms with Gasteiger partial charge in [-0.1, -0.05) is 121 Å². The van der Waals surface area contributed by atoms with E-state index in [4.69, 9.17) is 18.9 Å². The maximum absolute atomic E-state index is 6.49. The van der Waals surface area contributed by atoms with E-state index in [0.717, 1.165) is 22.3 Å². The van der Waals surface area contributed by atoms with Crippen LogP contribution in [-0.4, -0.2) is 31.0 Å². The first-order valence-electron chi connectivity index (χ1n) is 13.0. The standard InChI is InChI=1S/C34H32O4/c1-5-13-27(14-6-1)21-22-31-33(36-24-29-17-9-3-10-18-29)34(37-25-30-19-11-4-12-20-30)32(38-31)26-35-23-28-15-7-2-8-16-28/h1-20,31-34H,23-26H2/t31-,32-,33-,34-/m1/s1. The lowest BCUT2D eigenvalue weighted by Gasteiger charge is -2.24. The van der Waals surface area contributed by atoms with Gasteiger partial charge in [-0.25, -0.2) is 0 Å². The Bertz CT molecular complexity index is 1280. The van der Waals surface area contributed by atoms with E-state index < -0.39 is 6.10 Å². The first kappa shape index (κ1) is 25.9. The molecule has 0 radical (unpaired) electrons. The molecule has 4 heteroatoms. The zero-order valence-electron chi connectivity index (χ0n) is 21.3. The summed E-state index contributed by atoms with van der Waals surface area (Å²) in [6.07, 6.45) is -1.49. The fourth-order valence-corrected chi connectivity index (χ4v) is 4.44. The SMILES string of the molecule is C(#C[C@H]1O[C@H](COCc2ccccc2)[C@@H](OCc2ccccc2)[C@@H]1OCc1ccccc1)c1ccccc1. The van der Waals surface area contributed by atoms with Gasteiger partial charge in [0, 0.05) is 5.56 Å². The second-order valence-electron chi connectivity index (χ2n) is 9.25. The van der Waals surface area contributed by atoms with E-state index in [2.05, 4.69) is 48.2 Å².